The number of aromatic nitrogens is 5. The van der Waals surface area contributed by atoms with Crippen molar-refractivity contribution in [3.8, 4) is 45.6 Å². The monoisotopic (exact) mass is 667 g/mol. The lowest BCUT2D eigenvalue weighted by Gasteiger charge is -2.22. The van der Waals surface area contributed by atoms with E-state index in [2.05, 4.69) is 148 Å². The minimum Gasteiger partial charge on any atom is -0.457 e. The minimum atomic E-state index is -0.108. The Hall–Kier alpha value is -6.01. The standard InChI is InChI=1S/C45H41N5O/c1-44(2,3)32-19-22-38(37(28-32)30-13-8-7-9-14-30)49-26-25-46-42(49)31-15-12-16-33(27-31)51-34-20-21-36-35-17-10-11-18-39(35)50(40(36)29-34)43-47-24-23-41(48-43)45(4,5)6/h7-29H,1-6H3. The molecule has 0 aliphatic heterocycles. The highest BCUT2D eigenvalue weighted by Crippen LogP contribution is 2.37. The molecule has 5 aromatic carbocycles. The first-order valence-corrected chi connectivity index (χ1v) is 17.4. The molecule has 0 amide bonds. The van der Waals surface area contributed by atoms with Gasteiger partial charge in [0.25, 0.3) is 0 Å². The highest BCUT2D eigenvalue weighted by Gasteiger charge is 2.21. The minimum absolute atomic E-state index is 0.0202. The maximum Gasteiger partial charge on any atom is 0.234 e. The molecule has 0 unspecified atom stereocenters. The average molecular weight is 668 g/mol. The lowest BCUT2D eigenvalue weighted by atomic mass is 9.85. The quantitative estimate of drug-likeness (QED) is 0.177. The summed E-state index contributed by atoms with van der Waals surface area (Å²) in [5.41, 5.74) is 8.58. The Labute approximate surface area is 299 Å². The molecule has 0 aliphatic rings. The molecule has 51 heavy (non-hydrogen) atoms. The average Bonchev–Trinajstić information content (AvgIpc) is 3.74. The molecule has 3 heterocycles. The molecular formula is C45H41N5O. The van der Waals surface area contributed by atoms with Gasteiger partial charge in [-0.2, -0.15) is 0 Å². The predicted molar refractivity (Wildman–Crippen MR) is 208 cm³/mol. The third-order valence-electron chi connectivity index (χ3n) is 9.43. The highest BCUT2D eigenvalue weighted by molar-refractivity contribution is 6.09. The molecule has 0 aliphatic carbocycles. The lowest BCUT2D eigenvalue weighted by molar-refractivity contribution is 0.483. The lowest BCUT2D eigenvalue weighted by Crippen LogP contribution is -2.15. The van der Waals surface area contributed by atoms with E-state index in [9.17, 15) is 0 Å². The van der Waals surface area contributed by atoms with Crippen molar-refractivity contribution in [2.45, 2.75) is 52.4 Å². The van der Waals surface area contributed by atoms with Crippen LogP contribution in [0.15, 0.2) is 140 Å². The molecule has 252 valence electrons. The largest absolute Gasteiger partial charge is 0.457 e. The summed E-state index contributed by atoms with van der Waals surface area (Å²) in [4.78, 5) is 14.6. The molecule has 6 nitrogen and oxygen atoms in total. The van der Waals surface area contributed by atoms with Crippen molar-refractivity contribution in [2.24, 2.45) is 0 Å². The van der Waals surface area contributed by atoms with Crippen LogP contribution in [0.2, 0.25) is 0 Å². The van der Waals surface area contributed by atoms with Crippen LogP contribution in [0.1, 0.15) is 52.8 Å². The summed E-state index contributed by atoms with van der Waals surface area (Å²) in [5.74, 6) is 2.93. The van der Waals surface area contributed by atoms with Gasteiger partial charge in [-0.25, -0.2) is 15.0 Å². The van der Waals surface area contributed by atoms with Crippen molar-refractivity contribution in [2.75, 3.05) is 0 Å². The van der Waals surface area contributed by atoms with Gasteiger partial charge in [0.05, 0.1) is 22.4 Å². The third-order valence-corrected chi connectivity index (χ3v) is 9.43. The van der Waals surface area contributed by atoms with Crippen LogP contribution in [0.4, 0.5) is 0 Å². The zero-order valence-electron chi connectivity index (χ0n) is 29.9. The summed E-state index contributed by atoms with van der Waals surface area (Å²) in [6.45, 7) is 13.3. The molecule has 0 N–H and O–H groups in total. The summed E-state index contributed by atoms with van der Waals surface area (Å²) in [6.07, 6.45) is 5.74. The Kier molecular flexibility index (Phi) is 7.83. The molecular weight excluding hydrogens is 627 g/mol. The van der Waals surface area contributed by atoms with Gasteiger partial charge in [-0.3, -0.25) is 9.13 Å². The zero-order chi connectivity index (χ0) is 35.3. The normalized spacial score (nSPS) is 12.1. The second-order valence-corrected chi connectivity index (χ2v) is 15.1. The Bertz CT molecular complexity index is 2530. The van der Waals surface area contributed by atoms with E-state index < -0.39 is 0 Å². The number of benzene rings is 5. The number of fused-ring (bicyclic) bond motifs is 3. The first-order chi connectivity index (χ1) is 24.5. The van der Waals surface area contributed by atoms with Crippen LogP contribution in [-0.4, -0.2) is 24.1 Å². The van der Waals surface area contributed by atoms with E-state index in [0.29, 0.717) is 5.95 Å². The molecule has 0 radical (unpaired) electrons. The maximum absolute atomic E-state index is 6.59. The Morgan fingerprint density at radius 3 is 2.12 bits per heavy atom. The molecule has 8 rings (SSSR count). The summed E-state index contributed by atoms with van der Waals surface area (Å²) >= 11 is 0. The number of rotatable bonds is 6. The fourth-order valence-electron chi connectivity index (χ4n) is 6.71. The predicted octanol–water partition coefficient (Wildman–Crippen LogP) is 11.5. The number of nitrogens with zero attached hydrogens (tertiary/aromatic N) is 5. The van der Waals surface area contributed by atoms with Gasteiger partial charge in [-0.1, -0.05) is 108 Å². The molecule has 0 atom stereocenters. The molecule has 6 heteroatoms. The van der Waals surface area contributed by atoms with E-state index in [4.69, 9.17) is 19.7 Å². The molecule has 8 aromatic rings. The van der Waals surface area contributed by atoms with Gasteiger partial charge in [0.1, 0.15) is 17.3 Å². The van der Waals surface area contributed by atoms with Gasteiger partial charge < -0.3 is 4.74 Å². The summed E-state index contributed by atoms with van der Waals surface area (Å²) < 4.78 is 10.9. The van der Waals surface area contributed by atoms with Crippen molar-refractivity contribution < 1.29 is 4.74 Å². The summed E-state index contributed by atoms with van der Waals surface area (Å²) in [7, 11) is 0. The number of hydrogen-bond donors (Lipinski definition) is 0. The maximum atomic E-state index is 6.59. The van der Waals surface area contributed by atoms with Crippen LogP contribution in [-0.2, 0) is 10.8 Å². The highest BCUT2D eigenvalue weighted by atomic mass is 16.5. The zero-order valence-corrected chi connectivity index (χ0v) is 29.9. The van der Waals surface area contributed by atoms with Crippen molar-refractivity contribution in [3.63, 3.8) is 0 Å². The number of hydrogen-bond acceptors (Lipinski definition) is 4. The van der Waals surface area contributed by atoms with Gasteiger partial charge in [-0.05, 0) is 65.1 Å². The Balaban J connectivity index is 1.18. The molecule has 3 aromatic heterocycles. The van der Waals surface area contributed by atoms with E-state index >= 15 is 0 Å². The molecule has 0 fully saturated rings. The Morgan fingerprint density at radius 1 is 0.569 bits per heavy atom. The fraction of sp³-hybridized carbons (Fsp3) is 0.178. The van der Waals surface area contributed by atoms with E-state index in [0.717, 1.165) is 61.6 Å². The van der Waals surface area contributed by atoms with Crippen LogP contribution in [0.25, 0.3) is 56.0 Å². The van der Waals surface area contributed by atoms with Crippen molar-refractivity contribution in [3.05, 3.63) is 151 Å². The SMILES string of the molecule is CC(C)(C)c1ccc(-n2ccnc2-c2cccc(Oc3ccc4c5ccccc5n(-c5nccc(C(C)(C)C)n5)c4c3)c2)c(-c2ccccc2)c1. The first-order valence-electron chi connectivity index (χ1n) is 17.4. The molecule has 0 saturated heterocycles. The van der Waals surface area contributed by atoms with Crippen LogP contribution in [0, 0.1) is 0 Å². The molecule has 0 bridgehead atoms. The van der Waals surface area contributed by atoms with E-state index in [1.165, 1.54) is 11.1 Å². The van der Waals surface area contributed by atoms with Crippen molar-refractivity contribution >= 4 is 21.8 Å². The summed E-state index contributed by atoms with van der Waals surface area (Å²) in [5, 5.41) is 2.26. The topological polar surface area (TPSA) is 57.8 Å². The Morgan fingerprint density at radius 2 is 1.31 bits per heavy atom. The van der Waals surface area contributed by atoms with Crippen LogP contribution >= 0.6 is 0 Å². The first kappa shape index (κ1) is 32.2. The van der Waals surface area contributed by atoms with Crippen molar-refractivity contribution in [1.29, 1.82) is 0 Å². The number of para-hydroxylation sites is 1. The fourth-order valence-corrected chi connectivity index (χ4v) is 6.71. The number of imidazole rings is 1. The van der Waals surface area contributed by atoms with E-state index in [-0.39, 0.29) is 10.8 Å². The van der Waals surface area contributed by atoms with E-state index in [1.807, 2.05) is 42.9 Å². The second kappa shape index (κ2) is 12.4. The van der Waals surface area contributed by atoms with Crippen LogP contribution in [0.3, 0.4) is 0 Å². The van der Waals surface area contributed by atoms with Gasteiger partial charge in [-0.15, -0.1) is 0 Å². The van der Waals surface area contributed by atoms with Gasteiger partial charge in [0.2, 0.25) is 5.95 Å². The van der Waals surface area contributed by atoms with E-state index in [1.54, 1.807) is 0 Å². The van der Waals surface area contributed by atoms with Gasteiger partial charge in [0.15, 0.2) is 0 Å². The smallest absolute Gasteiger partial charge is 0.234 e. The molecule has 0 saturated carbocycles. The summed E-state index contributed by atoms with van der Waals surface area (Å²) in [6, 6.07) is 42.1. The van der Waals surface area contributed by atoms with Gasteiger partial charge in [0, 0.05) is 52.0 Å². The molecule has 0 spiro atoms. The third kappa shape index (κ3) is 6.08. The van der Waals surface area contributed by atoms with Gasteiger partial charge >= 0.3 is 0 Å². The van der Waals surface area contributed by atoms with Crippen LogP contribution < -0.4 is 4.74 Å². The number of ether oxygens (including phenoxy) is 1. The second-order valence-electron chi connectivity index (χ2n) is 15.1. The van der Waals surface area contributed by atoms with Crippen molar-refractivity contribution in [1.82, 2.24) is 24.1 Å². The van der Waals surface area contributed by atoms with Crippen LogP contribution in [0.5, 0.6) is 11.5 Å².